The van der Waals surface area contributed by atoms with Crippen LogP contribution in [0.1, 0.15) is 93.9 Å². The molecule has 128 valence electrons. The minimum Gasteiger partial charge on any atom is -0.374 e. The molecule has 0 aromatic carbocycles. The highest BCUT2D eigenvalue weighted by molar-refractivity contribution is 4.75. The molecule has 0 N–H and O–H groups in total. The molecule has 0 amide bonds. The van der Waals surface area contributed by atoms with Crippen LogP contribution in [0.2, 0.25) is 0 Å². The minimum absolute atomic E-state index is 0.438. The molecule has 0 rings (SSSR count). The Labute approximate surface area is 135 Å². The van der Waals surface area contributed by atoms with Gasteiger partial charge in [-0.25, -0.2) is 0 Å². The van der Waals surface area contributed by atoms with E-state index in [2.05, 4.69) is 55.4 Å². The van der Waals surface area contributed by atoms with Gasteiger partial charge in [-0.15, -0.1) is 0 Å². The summed E-state index contributed by atoms with van der Waals surface area (Å²) >= 11 is 0. The maximum Gasteiger partial charge on any atom is 0.0607 e. The van der Waals surface area contributed by atoms with E-state index in [-0.39, 0.29) is 0 Å². The van der Waals surface area contributed by atoms with Crippen molar-refractivity contribution in [2.45, 2.75) is 106 Å². The Kier molecular flexibility index (Phi) is 11.5. The van der Waals surface area contributed by atoms with Crippen molar-refractivity contribution in [3.63, 3.8) is 0 Å². The number of rotatable bonds is 12. The summed E-state index contributed by atoms with van der Waals surface area (Å²) in [6.45, 7) is 18.6. The third-order valence-electron chi connectivity index (χ3n) is 4.51. The van der Waals surface area contributed by atoms with E-state index >= 15 is 0 Å². The van der Waals surface area contributed by atoms with Gasteiger partial charge in [0.25, 0.3) is 0 Å². The van der Waals surface area contributed by atoms with Crippen LogP contribution in [0.5, 0.6) is 0 Å². The smallest absolute Gasteiger partial charge is 0.0607 e. The average Bonchev–Trinajstić information content (AvgIpc) is 2.36. The summed E-state index contributed by atoms with van der Waals surface area (Å²) < 4.78 is 6.70. The maximum atomic E-state index is 6.70. The Morgan fingerprint density at radius 3 is 1.19 bits per heavy atom. The van der Waals surface area contributed by atoms with Gasteiger partial charge < -0.3 is 4.74 Å². The average molecular weight is 299 g/mol. The number of ether oxygens (including phenoxy) is 1. The Hall–Kier alpha value is -0.0400. The van der Waals surface area contributed by atoms with Crippen molar-refractivity contribution in [1.29, 1.82) is 0 Å². The highest BCUT2D eigenvalue weighted by Crippen LogP contribution is 2.28. The molecule has 1 nitrogen and oxygen atoms in total. The molecule has 0 saturated heterocycles. The second-order valence-corrected chi connectivity index (χ2v) is 8.00. The first-order valence-corrected chi connectivity index (χ1v) is 9.47. The molecular formula is C20H42O. The van der Waals surface area contributed by atoms with E-state index in [0.717, 1.165) is 11.8 Å². The van der Waals surface area contributed by atoms with Gasteiger partial charge in [0.15, 0.2) is 0 Å². The molecule has 0 aromatic rings. The normalized spacial score (nSPS) is 18.0. The van der Waals surface area contributed by atoms with Gasteiger partial charge in [-0.2, -0.15) is 0 Å². The zero-order valence-electron chi connectivity index (χ0n) is 16.1. The van der Waals surface area contributed by atoms with E-state index in [1.807, 2.05) is 0 Å². The lowest BCUT2D eigenvalue weighted by Crippen LogP contribution is -2.33. The standard InChI is InChI=1S/C20H42O/c1-9-11-17(7)19(13-15(3)4)21-20(14-16(5)6)18(8)12-10-2/h15-20H,9-14H2,1-8H3. The van der Waals surface area contributed by atoms with Gasteiger partial charge in [-0.05, 0) is 49.4 Å². The fraction of sp³-hybridized carbons (Fsp3) is 1.00. The Bertz CT molecular complexity index is 210. The second-order valence-electron chi connectivity index (χ2n) is 8.00. The summed E-state index contributed by atoms with van der Waals surface area (Å²) in [5, 5.41) is 0. The Morgan fingerprint density at radius 1 is 0.619 bits per heavy atom. The first kappa shape index (κ1) is 21.0. The molecule has 0 aromatic heterocycles. The van der Waals surface area contributed by atoms with Crippen molar-refractivity contribution >= 4 is 0 Å². The Morgan fingerprint density at radius 2 is 0.952 bits per heavy atom. The molecule has 0 fully saturated rings. The summed E-state index contributed by atoms with van der Waals surface area (Å²) in [6, 6.07) is 0. The molecule has 0 radical (unpaired) electrons. The van der Waals surface area contributed by atoms with Crippen LogP contribution in [-0.2, 0) is 4.74 Å². The molecule has 1 heteroatoms. The van der Waals surface area contributed by atoms with E-state index in [1.165, 1.54) is 38.5 Å². The van der Waals surface area contributed by atoms with E-state index in [1.54, 1.807) is 0 Å². The van der Waals surface area contributed by atoms with Crippen molar-refractivity contribution in [3.05, 3.63) is 0 Å². The number of hydrogen-bond donors (Lipinski definition) is 0. The van der Waals surface area contributed by atoms with E-state index in [9.17, 15) is 0 Å². The van der Waals surface area contributed by atoms with Gasteiger partial charge in [0.05, 0.1) is 12.2 Å². The molecule has 21 heavy (non-hydrogen) atoms. The summed E-state index contributed by atoms with van der Waals surface area (Å²) in [7, 11) is 0. The lowest BCUT2D eigenvalue weighted by Gasteiger charge is -2.34. The highest BCUT2D eigenvalue weighted by Gasteiger charge is 2.26. The number of hydrogen-bond acceptors (Lipinski definition) is 1. The second kappa shape index (κ2) is 11.5. The van der Waals surface area contributed by atoms with Crippen LogP contribution in [0.4, 0.5) is 0 Å². The van der Waals surface area contributed by atoms with Gasteiger partial charge in [-0.3, -0.25) is 0 Å². The highest BCUT2D eigenvalue weighted by atomic mass is 16.5. The van der Waals surface area contributed by atoms with Crippen LogP contribution in [-0.4, -0.2) is 12.2 Å². The third kappa shape index (κ3) is 9.55. The molecule has 4 atom stereocenters. The van der Waals surface area contributed by atoms with Crippen molar-refractivity contribution in [2.75, 3.05) is 0 Å². The maximum absolute atomic E-state index is 6.70. The molecule has 0 aliphatic heterocycles. The van der Waals surface area contributed by atoms with Crippen molar-refractivity contribution in [2.24, 2.45) is 23.7 Å². The van der Waals surface area contributed by atoms with Crippen LogP contribution in [0, 0.1) is 23.7 Å². The van der Waals surface area contributed by atoms with Crippen LogP contribution in [0.25, 0.3) is 0 Å². The largest absolute Gasteiger partial charge is 0.374 e. The van der Waals surface area contributed by atoms with Gasteiger partial charge in [0, 0.05) is 0 Å². The summed E-state index contributed by atoms with van der Waals surface area (Å²) in [5.41, 5.74) is 0. The molecule has 4 unspecified atom stereocenters. The monoisotopic (exact) mass is 298 g/mol. The first-order chi connectivity index (χ1) is 9.81. The van der Waals surface area contributed by atoms with E-state index < -0.39 is 0 Å². The fourth-order valence-corrected chi connectivity index (χ4v) is 3.28. The lowest BCUT2D eigenvalue weighted by molar-refractivity contribution is -0.0812. The molecular weight excluding hydrogens is 256 g/mol. The fourth-order valence-electron chi connectivity index (χ4n) is 3.28. The van der Waals surface area contributed by atoms with Gasteiger partial charge in [0.2, 0.25) is 0 Å². The molecule has 0 aliphatic carbocycles. The minimum atomic E-state index is 0.438. The van der Waals surface area contributed by atoms with Crippen LogP contribution in [0.3, 0.4) is 0 Å². The molecule has 0 aliphatic rings. The summed E-state index contributed by atoms with van der Waals surface area (Å²) in [5.74, 6) is 2.80. The van der Waals surface area contributed by atoms with E-state index in [0.29, 0.717) is 24.0 Å². The van der Waals surface area contributed by atoms with Gasteiger partial charge in [0.1, 0.15) is 0 Å². The van der Waals surface area contributed by atoms with Crippen molar-refractivity contribution in [1.82, 2.24) is 0 Å². The SMILES string of the molecule is CCCC(C)C(CC(C)C)OC(CC(C)C)C(C)CCC. The van der Waals surface area contributed by atoms with Crippen molar-refractivity contribution < 1.29 is 4.74 Å². The topological polar surface area (TPSA) is 9.23 Å². The third-order valence-corrected chi connectivity index (χ3v) is 4.51. The van der Waals surface area contributed by atoms with Gasteiger partial charge >= 0.3 is 0 Å². The summed E-state index contributed by atoms with van der Waals surface area (Å²) in [4.78, 5) is 0. The Balaban J connectivity index is 4.82. The zero-order valence-corrected chi connectivity index (χ0v) is 16.1. The van der Waals surface area contributed by atoms with Gasteiger partial charge in [-0.1, -0.05) is 68.2 Å². The zero-order chi connectivity index (χ0) is 16.4. The molecule has 0 spiro atoms. The summed E-state index contributed by atoms with van der Waals surface area (Å²) in [6.07, 6.45) is 8.38. The van der Waals surface area contributed by atoms with Crippen molar-refractivity contribution in [3.8, 4) is 0 Å². The van der Waals surface area contributed by atoms with Crippen LogP contribution in [0.15, 0.2) is 0 Å². The van der Waals surface area contributed by atoms with E-state index in [4.69, 9.17) is 4.74 Å². The molecule has 0 saturated carbocycles. The lowest BCUT2D eigenvalue weighted by atomic mass is 9.89. The van der Waals surface area contributed by atoms with Crippen LogP contribution < -0.4 is 0 Å². The molecule has 0 bridgehead atoms. The predicted molar refractivity (Wildman–Crippen MR) is 95.7 cm³/mol. The predicted octanol–water partition coefficient (Wildman–Crippen LogP) is 6.70. The quantitative estimate of drug-likeness (QED) is 0.389. The molecule has 0 heterocycles. The first-order valence-electron chi connectivity index (χ1n) is 9.47. The van der Waals surface area contributed by atoms with Crippen LogP contribution >= 0.6 is 0 Å².